The van der Waals surface area contributed by atoms with Gasteiger partial charge >= 0.3 is 5.97 Å². The molecule has 2 aliphatic heterocycles. The third kappa shape index (κ3) is 11.6. The molecule has 2 rings (SSSR count). The summed E-state index contributed by atoms with van der Waals surface area (Å²) >= 11 is 0. The Morgan fingerprint density at radius 1 is 0.796 bits per heavy atom. The maximum atomic E-state index is 13.5. The lowest BCUT2D eigenvalue weighted by Crippen LogP contribution is -2.59. The maximum absolute atomic E-state index is 13.5. The van der Waals surface area contributed by atoms with E-state index in [4.69, 9.17) is 17.2 Å². The molecule has 0 aliphatic carbocycles. The molecule has 2 aliphatic rings. The minimum atomic E-state index is -1.27. The number of carboxylic acid groups (broad SMARTS) is 1. The van der Waals surface area contributed by atoms with Crippen LogP contribution in [0.4, 0.5) is 0 Å². The van der Waals surface area contributed by atoms with E-state index in [1.807, 2.05) is 0 Å². The predicted molar refractivity (Wildman–Crippen MR) is 176 cm³/mol. The fourth-order valence-corrected chi connectivity index (χ4v) is 5.75. The Bertz CT molecular complexity index is 1260. The highest BCUT2D eigenvalue weighted by Crippen LogP contribution is 2.21. The molecule has 2 fully saturated rings. The van der Waals surface area contributed by atoms with E-state index in [1.165, 1.54) is 23.6 Å². The van der Waals surface area contributed by atoms with Crippen molar-refractivity contribution in [3.63, 3.8) is 0 Å². The van der Waals surface area contributed by atoms with Gasteiger partial charge in [0.2, 0.25) is 35.4 Å². The fraction of sp³-hybridized carbons (Fsp3) is 0.733. The number of aliphatic imine (C=N–C) groups is 1. The number of hydrogen-bond acceptors (Lipinski definition) is 10. The third-order valence-electron chi connectivity index (χ3n) is 8.48. The molecule has 0 radical (unpaired) electrons. The zero-order chi connectivity index (χ0) is 37.0. The van der Waals surface area contributed by atoms with Crippen LogP contribution in [0.2, 0.25) is 0 Å². The maximum Gasteiger partial charge on any atom is 0.326 e. The van der Waals surface area contributed by atoms with Gasteiger partial charge in [0.25, 0.3) is 0 Å². The monoisotopic (exact) mass is 696 g/mol. The number of likely N-dealkylation sites (tertiary alicyclic amines) is 2. The number of rotatable bonds is 17. The molecule has 0 aromatic rings. The number of aliphatic carboxylic acids is 1. The molecule has 19 nitrogen and oxygen atoms in total. The number of nitrogens with one attached hydrogen (secondary N) is 4. The van der Waals surface area contributed by atoms with Crippen molar-refractivity contribution in [1.29, 1.82) is 0 Å². The highest BCUT2D eigenvalue weighted by molar-refractivity contribution is 5.97. The lowest BCUT2D eigenvalue weighted by Gasteiger charge is -2.31. The number of amides is 6. The van der Waals surface area contributed by atoms with Gasteiger partial charge in [-0.15, -0.1) is 0 Å². The molecule has 2 heterocycles. The second kappa shape index (κ2) is 18.9. The quantitative estimate of drug-likeness (QED) is 0.0400. The van der Waals surface area contributed by atoms with E-state index >= 15 is 0 Å². The van der Waals surface area contributed by atoms with Crippen LogP contribution in [0.25, 0.3) is 0 Å². The van der Waals surface area contributed by atoms with Crippen LogP contribution in [0.5, 0.6) is 0 Å². The number of nitrogens with zero attached hydrogens (tertiary/aromatic N) is 3. The summed E-state index contributed by atoms with van der Waals surface area (Å²) in [7, 11) is 0. The first-order chi connectivity index (χ1) is 23.0. The van der Waals surface area contributed by atoms with Gasteiger partial charge in [-0.25, -0.2) is 4.79 Å². The van der Waals surface area contributed by atoms with Crippen molar-refractivity contribution in [2.75, 3.05) is 26.2 Å². The van der Waals surface area contributed by atoms with Crippen molar-refractivity contribution in [3.8, 4) is 0 Å². The summed E-state index contributed by atoms with van der Waals surface area (Å²) in [6.45, 7) is 6.28. The van der Waals surface area contributed by atoms with Gasteiger partial charge in [0.05, 0.1) is 6.61 Å². The van der Waals surface area contributed by atoms with Crippen LogP contribution in [-0.4, -0.2) is 136 Å². The molecule has 0 unspecified atom stereocenters. The minimum Gasteiger partial charge on any atom is -0.480 e. The first kappa shape index (κ1) is 40.7. The smallest absolute Gasteiger partial charge is 0.326 e. The Morgan fingerprint density at radius 3 is 1.84 bits per heavy atom. The highest BCUT2D eigenvalue weighted by Gasteiger charge is 2.40. The number of carbonyl (C=O) groups excluding carboxylic acids is 6. The van der Waals surface area contributed by atoms with Gasteiger partial charge in [-0.2, -0.15) is 0 Å². The van der Waals surface area contributed by atoms with Crippen LogP contribution >= 0.6 is 0 Å². The van der Waals surface area contributed by atoms with Crippen LogP contribution in [-0.2, 0) is 33.6 Å². The van der Waals surface area contributed by atoms with E-state index in [0.29, 0.717) is 32.1 Å². The summed E-state index contributed by atoms with van der Waals surface area (Å²) in [5, 5.41) is 28.9. The summed E-state index contributed by atoms with van der Waals surface area (Å²) in [4.78, 5) is 96.5. The number of aliphatic hydroxyl groups excluding tert-OH is 1. The molecule has 0 bridgehead atoms. The zero-order valence-corrected chi connectivity index (χ0v) is 28.5. The van der Waals surface area contributed by atoms with Gasteiger partial charge in [-0.3, -0.25) is 33.8 Å². The Labute approximate surface area is 285 Å². The molecule has 0 saturated carbocycles. The first-order valence-corrected chi connectivity index (χ1v) is 16.5. The summed E-state index contributed by atoms with van der Waals surface area (Å²) in [5.41, 5.74) is 16.2. The number of carbonyl (C=O) groups is 7. The SMILES string of the molecule is CC(C)[C@H](NC(=O)[C@@H]1CCCN1C(=O)[C@H](C)NC(=O)[C@H](CCCN=C(N)N)NC(=O)[C@@H](N)CO)C(=O)N[C@@H](C)C(=O)N1CCC[C@H]1C(=O)O. The Balaban J connectivity index is 2.07. The van der Waals surface area contributed by atoms with E-state index in [-0.39, 0.29) is 32.0 Å². The summed E-state index contributed by atoms with van der Waals surface area (Å²) in [5.74, 6) is -5.48. The van der Waals surface area contributed by atoms with Gasteiger partial charge in [0.15, 0.2) is 5.96 Å². The molecule has 12 N–H and O–H groups in total. The van der Waals surface area contributed by atoms with E-state index in [2.05, 4.69) is 26.3 Å². The molecule has 0 aromatic heterocycles. The predicted octanol–water partition coefficient (Wildman–Crippen LogP) is -3.94. The van der Waals surface area contributed by atoms with Crippen LogP contribution < -0.4 is 38.5 Å². The summed E-state index contributed by atoms with van der Waals surface area (Å²) in [6, 6.07) is -7.54. The second-order valence-corrected chi connectivity index (χ2v) is 12.7. The van der Waals surface area contributed by atoms with Gasteiger partial charge in [0, 0.05) is 19.6 Å². The van der Waals surface area contributed by atoms with Crippen molar-refractivity contribution in [1.82, 2.24) is 31.1 Å². The number of aliphatic hydroxyl groups is 1. The summed E-state index contributed by atoms with van der Waals surface area (Å²) in [6.07, 6.45) is 2.01. The topological polar surface area (TPSA) is 305 Å². The Morgan fingerprint density at radius 2 is 1.33 bits per heavy atom. The van der Waals surface area contributed by atoms with Crippen LogP contribution in [0.15, 0.2) is 4.99 Å². The van der Waals surface area contributed by atoms with Crippen molar-refractivity contribution < 1.29 is 43.8 Å². The molecular weight excluding hydrogens is 644 g/mol. The van der Waals surface area contributed by atoms with Gasteiger partial charge in [-0.05, 0) is 58.3 Å². The zero-order valence-electron chi connectivity index (χ0n) is 28.5. The molecule has 49 heavy (non-hydrogen) atoms. The molecule has 276 valence electrons. The average molecular weight is 697 g/mol. The Hall–Kier alpha value is -4.52. The molecule has 0 aromatic carbocycles. The second-order valence-electron chi connectivity index (χ2n) is 12.7. The van der Waals surface area contributed by atoms with Crippen molar-refractivity contribution in [3.05, 3.63) is 0 Å². The largest absolute Gasteiger partial charge is 0.480 e. The Kier molecular flexibility index (Phi) is 15.7. The lowest BCUT2D eigenvalue weighted by molar-refractivity contribution is -0.149. The number of carboxylic acids is 1. The van der Waals surface area contributed by atoms with Gasteiger partial charge in [-0.1, -0.05) is 13.8 Å². The number of nitrogens with two attached hydrogens (primary N) is 3. The lowest BCUT2D eigenvalue weighted by atomic mass is 10.0. The average Bonchev–Trinajstić information content (AvgIpc) is 3.74. The van der Waals surface area contributed by atoms with Gasteiger partial charge < -0.3 is 58.5 Å². The first-order valence-electron chi connectivity index (χ1n) is 16.5. The number of hydrogen-bond donors (Lipinski definition) is 9. The third-order valence-corrected chi connectivity index (χ3v) is 8.48. The molecular formula is C30H52N10O9. The van der Waals surface area contributed by atoms with E-state index < -0.39 is 96.2 Å². The minimum absolute atomic E-state index is 0.0865. The number of guanidine groups is 1. The molecule has 0 spiro atoms. The van der Waals surface area contributed by atoms with Crippen LogP contribution in [0, 0.1) is 5.92 Å². The van der Waals surface area contributed by atoms with Crippen LogP contribution in [0.1, 0.15) is 66.2 Å². The van der Waals surface area contributed by atoms with Crippen molar-refractivity contribution in [2.45, 2.75) is 109 Å². The van der Waals surface area contributed by atoms with Crippen LogP contribution in [0.3, 0.4) is 0 Å². The van der Waals surface area contributed by atoms with E-state index in [9.17, 15) is 43.8 Å². The van der Waals surface area contributed by atoms with Crippen molar-refractivity contribution >= 4 is 47.4 Å². The summed E-state index contributed by atoms with van der Waals surface area (Å²) < 4.78 is 0. The van der Waals surface area contributed by atoms with Gasteiger partial charge in [0.1, 0.15) is 42.3 Å². The van der Waals surface area contributed by atoms with Crippen molar-refractivity contribution in [2.24, 2.45) is 28.1 Å². The highest BCUT2D eigenvalue weighted by atomic mass is 16.4. The van der Waals surface area contributed by atoms with E-state index in [0.717, 1.165) is 0 Å². The van der Waals surface area contributed by atoms with E-state index in [1.54, 1.807) is 13.8 Å². The molecule has 7 atom stereocenters. The fourth-order valence-electron chi connectivity index (χ4n) is 5.75. The molecule has 19 heteroatoms. The molecule has 2 saturated heterocycles. The normalized spacial score (nSPS) is 20.4. The standard InChI is InChI=1S/C30H52N10O9/c1-15(2)22(26(45)36-17(4)28(47)40-13-7-10-21(40)29(48)49)38-25(44)20-9-6-12-39(20)27(46)16(3)35-24(43)19(8-5-11-34-30(32)33)37-23(42)18(31)14-41/h15-22,41H,5-14,31H2,1-4H3,(H,35,43)(H,36,45)(H,37,42)(H,38,44)(H,48,49)(H4,32,33,34)/t16-,17-,18-,19-,20-,21-,22-/m0/s1. The molecule has 6 amide bonds.